The highest BCUT2D eigenvalue weighted by Gasteiger charge is 2.28. The van der Waals surface area contributed by atoms with Crippen molar-refractivity contribution in [3.63, 3.8) is 0 Å². The Morgan fingerprint density at radius 2 is 2.29 bits per heavy atom. The smallest absolute Gasteiger partial charge is 0.387 e. The molecule has 3 rings (SSSR count). The van der Waals surface area contributed by atoms with Crippen molar-refractivity contribution in [2.24, 2.45) is 7.05 Å². The Hall–Kier alpha value is -1.94. The molecule has 11 heteroatoms. The monoisotopic (exact) mass is 435 g/mol. The van der Waals surface area contributed by atoms with Crippen molar-refractivity contribution < 1.29 is 18.3 Å². The first-order valence-electron chi connectivity index (χ1n) is 8.40. The number of imidazole rings is 1. The highest BCUT2D eigenvalue weighted by atomic mass is 35.5. The molecule has 2 N–H and O–H groups in total. The van der Waals surface area contributed by atoms with Crippen LogP contribution >= 0.6 is 24.0 Å². The minimum atomic E-state index is -2.96. The lowest BCUT2D eigenvalue weighted by Gasteiger charge is -2.35. The number of alkyl halides is 2. The fourth-order valence-corrected chi connectivity index (χ4v) is 3.27. The number of aromatic nitrogens is 2. The van der Waals surface area contributed by atoms with Crippen molar-refractivity contribution in [2.45, 2.75) is 12.7 Å². The van der Waals surface area contributed by atoms with E-state index in [4.69, 9.17) is 11.6 Å². The van der Waals surface area contributed by atoms with Gasteiger partial charge >= 0.3 is 6.61 Å². The van der Waals surface area contributed by atoms with Crippen molar-refractivity contribution in [1.29, 1.82) is 0 Å². The average Bonchev–Trinajstić information content (AvgIpc) is 3.03. The molecule has 1 aromatic heterocycles. The molecule has 0 aliphatic carbocycles. The topological polar surface area (TPSA) is 71.4 Å². The fourth-order valence-electron chi connectivity index (χ4n) is 3.04. The van der Waals surface area contributed by atoms with Gasteiger partial charge in [-0.2, -0.15) is 8.78 Å². The minimum absolute atomic E-state index is 0. The number of carbonyl (C=O) groups excluding carboxylic acids is 1. The third-order valence-electron chi connectivity index (χ3n) is 4.29. The second kappa shape index (κ2) is 10.0. The van der Waals surface area contributed by atoms with Crippen LogP contribution in [-0.2, 0) is 11.8 Å². The third kappa shape index (κ3) is 5.54. The summed E-state index contributed by atoms with van der Waals surface area (Å²) in [7, 11) is 1.92. The molecule has 0 spiro atoms. The number of aryl methyl sites for hydroxylation is 1. The number of benzene rings is 1. The molecule has 1 aliphatic heterocycles. The Kier molecular flexibility index (Phi) is 7.99. The molecule has 1 atom stereocenters. The van der Waals surface area contributed by atoms with Crippen molar-refractivity contribution >= 4 is 35.6 Å². The zero-order chi connectivity index (χ0) is 19.4. The Morgan fingerprint density at radius 3 is 2.93 bits per heavy atom. The summed E-state index contributed by atoms with van der Waals surface area (Å²) >= 11 is 5.92. The van der Waals surface area contributed by atoms with Gasteiger partial charge in [0, 0.05) is 44.8 Å². The maximum absolute atomic E-state index is 12.5. The van der Waals surface area contributed by atoms with Gasteiger partial charge in [-0.3, -0.25) is 9.69 Å². The number of nitrogens with zero attached hydrogens (tertiary/aromatic N) is 3. The molecule has 2 aromatic rings. The van der Waals surface area contributed by atoms with Crippen LogP contribution in [0.3, 0.4) is 0 Å². The van der Waals surface area contributed by atoms with E-state index in [1.165, 1.54) is 18.2 Å². The van der Waals surface area contributed by atoms with Crippen LogP contribution in [0.5, 0.6) is 5.75 Å². The molecule has 0 saturated carbocycles. The standard InChI is InChI=1S/C17H20ClF2N5O2.ClH/c1-24-6-5-22-16(24)13-9-21-4-7-25(13)10-15(26)23-11-2-3-14(12(18)8-11)27-17(19)20;/h2-3,5-6,8,13,17,21H,4,7,9-10H2,1H3,(H,23,26);1H. The largest absolute Gasteiger partial charge is 0.433 e. The molecule has 2 heterocycles. The van der Waals surface area contributed by atoms with E-state index in [0.29, 0.717) is 18.8 Å². The van der Waals surface area contributed by atoms with E-state index in [1.54, 1.807) is 6.20 Å². The summed E-state index contributed by atoms with van der Waals surface area (Å²) < 4.78 is 30.8. The van der Waals surface area contributed by atoms with Crippen LogP contribution in [0.4, 0.5) is 14.5 Å². The summed E-state index contributed by atoms with van der Waals surface area (Å²) in [5.41, 5.74) is 0.412. The number of rotatable bonds is 6. The summed E-state index contributed by atoms with van der Waals surface area (Å²) in [6, 6.07) is 4.13. The van der Waals surface area contributed by atoms with E-state index >= 15 is 0 Å². The quantitative estimate of drug-likeness (QED) is 0.729. The number of piperazine rings is 1. The second-order valence-electron chi connectivity index (χ2n) is 6.16. The van der Waals surface area contributed by atoms with Crippen molar-refractivity contribution in [2.75, 3.05) is 31.5 Å². The molecule has 1 aliphatic rings. The average molecular weight is 436 g/mol. The van der Waals surface area contributed by atoms with E-state index in [9.17, 15) is 13.6 Å². The van der Waals surface area contributed by atoms with Crippen LogP contribution in [0.15, 0.2) is 30.6 Å². The molecular weight excluding hydrogens is 415 g/mol. The van der Waals surface area contributed by atoms with Gasteiger partial charge in [0.15, 0.2) is 0 Å². The lowest BCUT2D eigenvalue weighted by molar-refractivity contribution is -0.118. The highest BCUT2D eigenvalue weighted by molar-refractivity contribution is 6.32. The molecule has 0 bridgehead atoms. The molecule has 1 fully saturated rings. The predicted molar refractivity (Wildman–Crippen MR) is 104 cm³/mol. The van der Waals surface area contributed by atoms with E-state index < -0.39 is 6.61 Å². The highest BCUT2D eigenvalue weighted by Crippen LogP contribution is 2.29. The van der Waals surface area contributed by atoms with Gasteiger partial charge in [-0.1, -0.05) is 11.6 Å². The zero-order valence-electron chi connectivity index (χ0n) is 15.1. The first-order valence-corrected chi connectivity index (χ1v) is 8.78. The summed E-state index contributed by atoms with van der Waals surface area (Å²) in [5.74, 6) is 0.517. The van der Waals surface area contributed by atoms with Gasteiger partial charge in [0.05, 0.1) is 17.6 Å². The van der Waals surface area contributed by atoms with E-state index in [0.717, 1.165) is 12.4 Å². The molecule has 1 saturated heterocycles. The summed E-state index contributed by atoms with van der Waals surface area (Å²) in [5, 5.41) is 6.05. The first-order chi connectivity index (χ1) is 12.9. The van der Waals surface area contributed by atoms with Gasteiger partial charge in [0.25, 0.3) is 0 Å². The lowest BCUT2D eigenvalue weighted by atomic mass is 10.1. The minimum Gasteiger partial charge on any atom is -0.433 e. The van der Waals surface area contributed by atoms with Gasteiger partial charge in [-0.05, 0) is 18.2 Å². The van der Waals surface area contributed by atoms with Crippen LogP contribution in [0, 0.1) is 0 Å². The summed E-state index contributed by atoms with van der Waals surface area (Å²) in [6.07, 6.45) is 3.60. The zero-order valence-corrected chi connectivity index (χ0v) is 16.6. The molecule has 1 unspecified atom stereocenters. The van der Waals surface area contributed by atoms with Gasteiger partial charge < -0.3 is 19.9 Å². The normalized spacial score (nSPS) is 17.2. The summed E-state index contributed by atoms with van der Waals surface area (Å²) in [6.45, 7) is -0.610. The summed E-state index contributed by atoms with van der Waals surface area (Å²) in [4.78, 5) is 18.9. The molecule has 28 heavy (non-hydrogen) atoms. The number of carbonyl (C=O) groups is 1. The fraction of sp³-hybridized carbons (Fsp3) is 0.412. The number of amides is 1. The van der Waals surface area contributed by atoms with E-state index in [-0.39, 0.29) is 41.7 Å². The first kappa shape index (κ1) is 22.4. The van der Waals surface area contributed by atoms with E-state index in [2.05, 4.69) is 20.4 Å². The second-order valence-corrected chi connectivity index (χ2v) is 6.57. The van der Waals surface area contributed by atoms with Crippen LogP contribution in [0.25, 0.3) is 0 Å². The molecule has 0 radical (unpaired) electrons. The van der Waals surface area contributed by atoms with Gasteiger partial charge in [-0.15, -0.1) is 12.4 Å². The number of anilines is 1. The Labute approximate surface area is 172 Å². The molecule has 1 aromatic carbocycles. The number of nitrogens with one attached hydrogen (secondary N) is 2. The number of halogens is 4. The number of ether oxygens (including phenoxy) is 1. The number of hydrogen-bond acceptors (Lipinski definition) is 5. The predicted octanol–water partition coefficient (Wildman–Crippen LogP) is 2.68. The third-order valence-corrected chi connectivity index (χ3v) is 4.58. The Balaban J connectivity index is 0.00000280. The van der Waals surface area contributed by atoms with Gasteiger partial charge in [0.1, 0.15) is 11.6 Å². The Bertz CT molecular complexity index is 806. The Morgan fingerprint density at radius 1 is 1.50 bits per heavy atom. The van der Waals surface area contributed by atoms with Crippen molar-refractivity contribution in [3.05, 3.63) is 41.4 Å². The maximum atomic E-state index is 12.5. The maximum Gasteiger partial charge on any atom is 0.387 e. The van der Waals surface area contributed by atoms with Crippen LogP contribution in [-0.4, -0.2) is 53.1 Å². The lowest BCUT2D eigenvalue weighted by Crippen LogP contribution is -2.49. The number of hydrogen-bond donors (Lipinski definition) is 2. The van der Waals surface area contributed by atoms with E-state index in [1.807, 2.05) is 22.7 Å². The van der Waals surface area contributed by atoms with Gasteiger partial charge in [-0.25, -0.2) is 4.98 Å². The van der Waals surface area contributed by atoms with Crippen LogP contribution in [0.2, 0.25) is 5.02 Å². The SMILES string of the molecule is Cl.Cn1ccnc1C1CNCCN1CC(=O)Nc1ccc(OC(F)F)c(Cl)c1. The van der Waals surface area contributed by atoms with Crippen LogP contribution in [0.1, 0.15) is 11.9 Å². The van der Waals surface area contributed by atoms with Crippen molar-refractivity contribution in [1.82, 2.24) is 19.8 Å². The van der Waals surface area contributed by atoms with Gasteiger partial charge in [0.2, 0.25) is 5.91 Å². The van der Waals surface area contributed by atoms with Crippen molar-refractivity contribution in [3.8, 4) is 5.75 Å². The van der Waals surface area contributed by atoms with Crippen LogP contribution < -0.4 is 15.4 Å². The molecule has 154 valence electrons. The molecule has 7 nitrogen and oxygen atoms in total. The molecule has 1 amide bonds. The molecular formula is C17H21Cl2F2N5O2.